The van der Waals surface area contributed by atoms with Crippen LogP contribution >= 0.6 is 27.5 Å². The average Bonchev–Trinajstić information content (AvgIpc) is 2.96. The highest BCUT2D eigenvalue weighted by atomic mass is 79.9. The molecule has 3 aromatic rings. The van der Waals surface area contributed by atoms with Crippen molar-refractivity contribution >= 4 is 50.1 Å². The molecule has 0 amide bonds. The molecule has 4 nitrogen and oxygen atoms in total. The number of nitrogens with zero attached hydrogens (tertiary/aromatic N) is 2. The van der Waals surface area contributed by atoms with Gasteiger partial charge in [0.25, 0.3) is 0 Å². The number of hydrogen-bond acceptors (Lipinski definition) is 2. The number of fused-ring (bicyclic) bond motifs is 1. The van der Waals surface area contributed by atoms with Gasteiger partial charge in [-0.25, -0.2) is 4.79 Å². The van der Waals surface area contributed by atoms with E-state index in [1.165, 1.54) is 0 Å². The van der Waals surface area contributed by atoms with Gasteiger partial charge in [-0.2, -0.15) is 0 Å². The molecular formula is C19H18BrClN2O2. The minimum Gasteiger partial charge on any atom is -0.476 e. The maximum Gasteiger partial charge on any atom is 0.355 e. The van der Waals surface area contributed by atoms with E-state index in [4.69, 9.17) is 11.6 Å². The van der Waals surface area contributed by atoms with Crippen molar-refractivity contribution < 1.29 is 9.90 Å². The summed E-state index contributed by atoms with van der Waals surface area (Å²) in [6, 6.07) is 13.2. The molecule has 0 aliphatic heterocycles. The molecule has 130 valence electrons. The maximum atomic E-state index is 12.2. The van der Waals surface area contributed by atoms with Gasteiger partial charge in [-0.05, 0) is 54.0 Å². The van der Waals surface area contributed by atoms with Gasteiger partial charge in [0.1, 0.15) is 0 Å². The van der Waals surface area contributed by atoms with Crippen LogP contribution in [-0.4, -0.2) is 28.7 Å². The highest BCUT2D eigenvalue weighted by Gasteiger charge is 2.28. The molecule has 1 heterocycles. The predicted octanol–water partition coefficient (Wildman–Crippen LogP) is 5.59. The molecule has 1 N–H and O–H groups in total. The lowest BCUT2D eigenvalue weighted by Crippen LogP contribution is -2.24. The zero-order chi connectivity index (χ0) is 18.1. The van der Waals surface area contributed by atoms with Crippen LogP contribution in [0, 0.1) is 0 Å². The van der Waals surface area contributed by atoms with E-state index in [-0.39, 0.29) is 5.69 Å². The van der Waals surface area contributed by atoms with Gasteiger partial charge in [0.2, 0.25) is 0 Å². The van der Waals surface area contributed by atoms with E-state index in [2.05, 4.69) is 15.9 Å². The lowest BCUT2D eigenvalue weighted by atomic mass is 10.2. The monoisotopic (exact) mass is 420 g/mol. The number of aromatic nitrogens is 1. The lowest BCUT2D eigenvalue weighted by Gasteiger charge is -2.22. The number of rotatable bonds is 5. The van der Waals surface area contributed by atoms with Crippen molar-refractivity contribution in [3.63, 3.8) is 0 Å². The SMILES string of the molecule is CCN(CC)c1c(C(=O)O)n(-c2ccccc2)c2ccc(Cl)c(Br)c12. The molecule has 0 bridgehead atoms. The van der Waals surface area contributed by atoms with Crippen LogP contribution in [0.5, 0.6) is 0 Å². The number of anilines is 1. The Hall–Kier alpha value is -1.98. The minimum atomic E-state index is -0.968. The third-order valence-corrected chi connectivity index (χ3v) is 5.66. The van der Waals surface area contributed by atoms with Crippen molar-refractivity contribution in [1.82, 2.24) is 4.57 Å². The van der Waals surface area contributed by atoms with E-state index in [1.807, 2.05) is 55.1 Å². The molecule has 0 spiro atoms. The van der Waals surface area contributed by atoms with Gasteiger partial charge >= 0.3 is 5.97 Å². The Balaban J connectivity index is 2.53. The fourth-order valence-corrected chi connectivity index (χ4v) is 3.87. The Morgan fingerprint density at radius 2 is 1.80 bits per heavy atom. The van der Waals surface area contributed by atoms with Crippen molar-refractivity contribution in [3.05, 3.63) is 57.7 Å². The second-order valence-corrected chi connectivity index (χ2v) is 6.80. The van der Waals surface area contributed by atoms with Crippen molar-refractivity contribution in [1.29, 1.82) is 0 Å². The van der Waals surface area contributed by atoms with E-state index in [9.17, 15) is 9.90 Å². The van der Waals surface area contributed by atoms with Crippen LogP contribution in [0.25, 0.3) is 16.6 Å². The molecule has 0 fully saturated rings. The minimum absolute atomic E-state index is 0.243. The Kier molecular flexibility index (Phi) is 5.06. The van der Waals surface area contributed by atoms with Gasteiger partial charge in [0.15, 0.2) is 5.69 Å². The molecule has 2 aromatic carbocycles. The number of carboxylic acids is 1. The second-order valence-electron chi connectivity index (χ2n) is 5.60. The molecule has 3 rings (SSSR count). The summed E-state index contributed by atoms with van der Waals surface area (Å²) in [5, 5.41) is 11.4. The standard InChI is InChI=1S/C19H18BrClN2O2/c1-3-22(4-2)17-15-14(11-10-13(21)16(15)20)23(18(17)19(24)25)12-8-6-5-7-9-12/h5-11H,3-4H2,1-2H3,(H,24,25). The fourth-order valence-electron chi connectivity index (χ4n) is 3.19. The first-order valence-electron chi connectivity index (χ1n) is 8.07. The molecule has 0 atom stereocenters. The van der Waals surface area contributed by atoms with Gasteiger partial charge in [-0.15, -0.1) is 0 Å². The topological polar surface area (TPSA) is 45.5 Å². The Morgan fingerprint density at radius 1 is 1.16 bits per heavy atom. The van der Waals surface area contributed by atoms with Crippen LogP contribution in [0.4, 0.5) is 5.69 Å². The highest BCUT2D eigenvalue weighted by Crippen LogP contribution is 2.43. The number of aromatic carboxylic acids is 1. The van der Waals surface area contributed by atoms with Crippen LogP contribution in [0.15, 0.2) is 46.9 Å². The summed E-state index contributed by atoms with van der Waals surface area (Å²) in [5.74, 6) is -0.968. The zero-order valence-electron chi connectivity index (χ0n) is 14.0. The van der Waals surface area contributed by atoms with E-state index in [0.29, 0.717) is 28.3 Å². The van der Waals surface area contributed by atoms with Gasteiger partial charge in [0, 0.05) is 28.6 Å². The normalized spacial score (nSPS) is 11.0. The van der Waals surface area contributed by atoms with Crippen LogP contribution in [0.2, 0.25) is 5.02 Å². The van der Waals surface area contributed by atoms with Crippen LogP contribution in [0.1, 0.15) is 24.3 Å². The molecule has 25 heavy (non-hydrogen) atoms. The van der Waals surface area contributed by atoms with Crippen molar-refractivity contribution in [3.8, 4) is 5.69 Å². The van der Waals surface area contributed by atoms with E-state index < -0.39 is 5.97 Å². The second kappa shape index (κ2) is 7.10. The van der Waals surface area contributed by atoms with Crippen molar-refractivity contribution in [2.24, 2.45) is 0 Å². The fraction of sp³-hybridized carbons (Fsp3) is 0.211. The first-order valence-corrected chi connectivity index (χ1v) is 9.24. The summed E-state index contributed by atoms with van der Waals surface area (Å²) in [5.41, 5.74) is 2.54. The van der Waals surface area contributed by atoms with Gasteiger partial charge in [-0.1, -0.05) is 29.8 Å². The number of carbonyl (C=O) groups is 1. The summed E-state index contributed by atoms with van der Waals surface area (Å²) < 4.78 is 2.50. The summed E-state index contributed by atoms with van der Waals surface area (Å²) in [6.07, 6.45) is 0. The molecule has 0 saturated heterocycles. The number of carboxylic acid groups (broad SMARTS) is 1. The average molecular weight is 422 g/mol. The van der Waals surface area contributed by atoms with Gasteiger partial charge < -0.3 is 14.6 Å². The summed E-state index contributed by atoms with van der Waals surface area (Å²) >= 11 is 9.88. The van der Waals surface area contributed by atoms with Gasteiger partial charge in [0.05, 0.1) is 16.2 Å². The maximum absolute atomic E-state index is 12.2. The number of benzene rings is 2. The van der Waals surface area contributed by atoms with Crippen LogP contribution in [0.3, 0.4) is 0 Å². The van der Waals surface area contributed by atoms with E-state index >= 15 is 0 Å². The first kappa shape index (κ1) is 17.8. The molecule has 0 saturated carbocycles. The van der Waals surface area contributed by atoms with Crippen LogP contribution in [-0.2, 0) is 0 Å². The Labute approximate surface area is 159 Å². The summed E-state index contributed by atoms with van der Waals surface area (Å²) in [6.45, 7) is 5.42. The number of halogens is 2. The summed E-state index contributed by atoms with van der Waals surface area (Å²) in [4.78, 5) is 14.3. The smallest absolute Gasteiger partial charge is 0.355 e. The highest BCUT2D eigenvalue weighted by molar-refractivity contribution is 9.10. The zero-order valence-corrected chi connectivity index (χ0v) is 16.3. The summed E-state index contributed by atoms with van der Waals surface area (Å²) in [7, 11) is 0. The molecule has 0 unspecified atom stereocenters. The molecule has 1 aromatic heterocycles. The largest absolute Gasteiger partial charge is 0.476 e. The van der Waals surface area contributed by atoms with Crippen molar-refractivity contribution in [2.45, 2.75) is 13.8 Å². The third kappa shape index (κ3) is 2.92. The molecular weight excluding hydrogens is 404 g/mol. The van der Waals surface area contributed by atoms with Crippen LogP contribution < -0.4 is 4.90 Å². The van der Waals surface area contributed by atoms with Gasteiger partial charge in [-0.3, -0.25) is 0 Å². The first-order chi connectivity index (χ1) is 12.0. The third-order valence-electron chi connectivity index (χ3n) is 4.30. The van der Waals surface area contributed by atoms with E-state index in [1.54, 1.807) is 10.6 Å². The Morgan fingerprint density at radius 3 is 2.36 bits per heavy atom. The molecule has 6 heteroatoms. The molecule has 0 aliphatic rings. The molecule has 0 radical (unpaired) electrons. The van der Waals surface area contributed by atoms with E-state index in [0.717, 1.165) is 16.6 Å². The Bertz CT molecular complexity index is 934. The number of hydrogen-bond donors (Lipinski definition) is 1. The molecule has 0 aliphatic carbocycles. The quantitative estimate of drug-likeness (QED) is 0.584. The predicted molar refractivity (Wildman–Crippen MR) is 107 cm³/mol. The van der Waals surface area contributed by atoms with Crippen molar-refractivity contribution in [2.75, 3.05) is 18.0 Å². The number of para-hydroxylation sites is 1. The lowest BCUT2D eigenvalue weighted by molar-refractivity contribution is 0.0689.